The van der Waals surface area contributed by atoms with E-state index in [1.807, 2.05) is 4.68 Å². The second-order valence-corrected chi connectivity index (χ2v) is 4.39. The van der Waals surface area contributed by atoms with Gasteiger partial charge in [0.05, 0.1) is 5.69 Å². The van der Waals surface area contributed by atoms with E-state index < -0.39 is 0 Å². The van der Waals surface area contributed by atoms with Crippen LogP contribution in [0.5, 0.6) is 0 Å². The molecule has 0 radical (unpaired) electrons. The first kappa shape index (κ1) is 12.8. The van der Waals surface area contributed by atoms with E-state index in [4.69, 9.17) is 5.73 Å². The summed E-state index contributed by atoms with van der Waals surface area (Å²) in [4.78, 5) is 4.53. The molecule has 1 aromatic carbocycles. The van der Waals surface area contributed by atoms with Crippen LogP contribution in [0, 0.1) is 6.92 Å². The molecule has 2 aromatic rings. The van der Waals surface area contributed by atoms with E-state index in [1.54, 1.807) is 0 Å². The second-order valence-electron chi connectivity index (χ2n) is 4.39. The van der Waals surface area contributed by atoms with Gasteiger partial charge in [-0.3, -0.25) is 0 Å². The molecule has 0 bridgehead atoms. The standard InChI is InChI=1S/C14H20N4/c1-4-13-16-14(5-2)18(17-13)12-7-6-11(9-15)8-10(12)3/h6-8H,4-5,9,15H2,1-3H3. The molecule has 2 N–H and O–H groups in total. The van der Waals surface area contributed by atoms with Gasteiger partial charge in [0.15, 0.2) is 5.82 Å². The molecule has 0 aliphatic carbocycles. The van der Waals surface area contributed by atoms with Gasteiger partial charge < -0.3 is 5.73 Å². The zero-order chi connectivity index (χ0) is 13.1. The third-order valence-corrected chi connectivity index (χ3v) is 3.08. The van der Waals surface area contributed by atoms with Gasteiger partial charge in [-0.25, -0.2) is 9.67 Å². The number of nitrogens with two attached hydrogens (primary N) is 1. The molecular formula is C14H20N4. The van der Waals surface area contributed by atoms with Crippen molar-refractivity contribution < 1.29 is 0 Å². The average molecular weight is 244 g/mol. The van der Waals surface area contributed by atoms with E-state index >= 15 is 0 Å². The minimum absolute atomic E-state index is 0.569. The highest BCUT2D eigenvalue weighted by Crippen LogP contribution is 2.17. The Morgan fingerprint density at radius 2 is 2.00 bits per heavy atom. The van der Waals surface area contributed by atoms with E-state index in [9.17, 15) is 0 Å². The van der Waals surface area contributed by atoms with Crippen molar-refractivity contribution >= 4 is 0 Å². The number of rotatable bonds is 4. The van der Waals surface area contributed by atoms with Gasteiger partial charge in [0, 0.05) is 19.4 Å². The first-order valence-electron chi connectivity index (χ1n) is 6.44. The monoisotopic (exact) mass is 244 g/mol. The molecule has 0 spiro atoms. The van der Waals surface area contributed by atoms with Crippen LogP contribution in [0.2, 0.25) is 0 Å². The summed E-state index contributed by atoms with van der Waals surface area (Å²) < 4.78 is 1.95. The lowest BCUT2D eigenvalue weighted by Crippen LogP contribution is -2.05. The molecule has 18 heavy (non-hydrogen) atoms. The highest BCUT2D eigenvalue weighted by Gasteiger charge is 2.11. The Kier molecular flexibility index (Phi) is 3.77. The van der Waals surface area contributed by atoms with Crippen LogP contribution in [0.3, 0.4) is 0 Å². The van der Waals surface area contributed by atoms with Gasteiger partial charge in [0.25, 0.3) is 0 Å². The van der Waals surface area contributed by atoms with E-state index in [-0.39, 0.29) is 0 Å². The minimum atomic E-state index is 0.569. The van der Waals surface area contributed by atoms with Crippen molar-refractivity contribution in [2.24, 2.45) is 5.73 Å². The molecule has 0 atom stereocenters. The molecule has 0 amide bonds. The van der Waals surface area contributed by atoms with Crippen LogP contribution in [-0.2, 0) is 19.4 Å². The van der Waals surface area contributed by atoms with Gasteiger partial charge in [-0.2, -0.15) is 5.10 Å². The van der Waals surface area contributed by atoms with Crippen LogP contribution in [0.4, 0.5) is 0 Å². The van der Waals surface area contributed by atoms with Crippen LogP contribution in [0.1, 0.15) is 36.6 Å². The Morgan fingerprint density at radius 3 is 2.56 bits per heavy atom. The van der Waals surface area contributed by atoms with Crippen molar-refractivity contribution in [3.63, 3.8) is 0 Å². The summed E-state index contributed by atoms with van der Waals surface area (Å²) in [6, 6.07) is 6.24. The normalized spacial score (nSPS) is 10.9. The number of nitrogens with zero attached hydrogens (tertiary/aromatic N) is 3. The van der Waals surface area contributed by atoms with E-state index in [0.717, 1.165) is 35.7 Å². The maximum absolute atomic E-state index is 5.65. The molecule has 0 saturated carbocycles. The summed E-state index contributed by atoms with van der Waals surface area (Å²) in [6.07, 6.45) is 1.74. The third kappa shape index (κ3) is 2.29. The molecular weight excluding hydrogens is 224 g/mol. The van der Waals surface area contributed by atoms with Gasteiger partial charge in [-0.1, -0.05) is 26.0 Å². The Labute approximate surface area is 108 Å². The maximum atomic E-state index is 5.65. The fourth-order valence-electron chi connectivity index (χ4n) is 2.05. The van der Waals surface area contributed by atoms with Gasteiger partial charge in [-0.05, 0) is 24.1 Å². The number of hydrogen-bond acceptors (Lipinski definition) is 3. The zero-order valence-corrected chi connectivity index (χ0v) is 11.3. The lowest BCUT2D eigenvalue weighted by molar-refractivity contribution is 0.785. The fourth-order valence-corrected chi connectivity index (χ4v) is 2.05. The molecule has 0 aliphatic rings. The zero-order valence-electron chi connectivity index (χ0n) is 11.3. The van der Waals surface area contributed by atoms with Crippen LogP contribution in [-0.4, -0.2) is 14.8 Å². The summed E-state index contributed by atoms with van der Waals surface area (Å²) in [5.41, 5.74) is 9.07. The molecule has 0 saturated heterocycles. The first-order chi connectivity index (χ1) is 8.69. The summed E-state index contributed by atoms with van der Waals surface area (Å²) >= 11 is 0. The number of hydrogen-bond donors (Lipinski definition) is 1. The molecule has 96 valence electrons. The molecule has 4 nitrogen and oxygen atoms in total. The summed E-state index contributed by atoms with van der Waals surface area (Å²) in [5.74, 6) is 1.91. The highest BCUT2D eigenvalue weighted by atomic mass is 15.3. The topological polar surface area (TPSA) is 56.7 Å². The number of benzene rings is 1. The Bertz CT molecular complexity index is 543. The lowest BCUT2D eigenvalue weighted by Gasteiger charge is -2.09. The molecule has 0 fully saturated rings. The van der Waals surface area contributed by atoms with Crippen molar-refractivity contribution in [3.05, 3.63) is 41.0 Å². The third-order valence-electron chi connectivity index (χ3n) is 3.08. The van der Waals surface area contributed by atoms with Crippen molar-refractivity contribution in [2.75, 3.05) is 0 Å². The van der Waals surface area contributed by atoms with Gasteiger partial charge in [-0.15, -0.1) is 0 Å². The van der Waals surface area contributed by atoms with E-state index in [2.05, 4.69) is 49.1 Å². The van der Waals surface area contributed by atoms with Crippen molar-refractivity contribution in [3.8, 4) is 5.69 Å². The molecule has 1 heterocycles. The number of aryl methyl sites for hydroxylation is 3. The Hall–Kier alpha value is -1.68. The van der Waals surface area contributed by atoms with Crippen molar-refractivity contribution in [1.29, 1.82) is 0 Å². The minimum Gasteiger partial charge on any atom is -0.326 e. The predicted octanol–water partition coefficient (Wildman–Crippen LogP) is 2.16. The lowest BCUT2D eigenvalue weighted by atomic mass is 10.1. The van der Waals surface area contributed by atoms with Gasteiger partial charge in [0.2, 0.25) is 0 Å². The van der Waals surface area contributed by atoms with E-state index in [0.29, 0.717) is 6.54 Å². The molecule has 1 aromatic heterocycles. The number of aromatic nitrogens is 3. The average Bonchev–Trinajstić information content (AvgIpc) is 2.81. The van der Waals surface area contributed by atoms with Crippen molar-refractivity contribution in [2.45, 2.75) is 40.2 Å². The van der Waals surface area contributed by atoms with Crippen molar-refractivity contribution in [1.82, 2.24) is 14.8 Å². The van der Waals surface area contributed by atoms with Crippen LogP contribution in [0.15, 0.2) is 18.2 Å². The Morgan fingerprint density at radius 1 is 1.22 bits per heavy atom. The summed E-state index contributed by atoms with van der Waals surface area (Å²) in [7, 11) is 0. The smallest absolute Gasteiger partial charge is 0.151 e. The molecule has 2 rings (SSSR count). The summed E-state index contributed by atoms with van der Waals surface area (Å²) in [6.45, 7) is 6.83. The van der Waals surface area contributed by atoms with Crippen LogP contribution >= 0.6 is 0 Å². The highest BCUT2D eigenvalue weighted by molar-refractivity contribution is 5.42. The largest absolute Gasteiger partial charge is 0.326 e. The quantitative estimate of drug-likeness (QED) is 0.896. The van der Waals surface area contributed by atoms with Crippen LogP contribution < -0.4 is 5.73 Å². The predicted molar refractivity (Wildman–Crippen MR) is 72.7 cm³/mol. The second kappa shape index (κ2) is 5.31. The molecule has 0 unspecified atom stereocenters. The molecule has 4 heteroatoms. The SMILES string of the molecule is CCc1nc(CC)n(-c2ccc(CN)cc2C)n1. The first-order valence-corrected chi connectivity index (χ1v) is 6.44. The van der Waals surface area contributed by atoms with Gasteiger partial charge in [0.1, 0.15) is 5.82 Å². The van der Waals surface area contributed by atoms with Crippen LogP contribution in [0.25, 0.3) is 5.69 Å². The Balaban J connectivity index is 2.50. The van der Waals surface area contributed by atoms with E-state index in [1.165, 1.54) is 5.56 Å². The fraction of sp³-hybridized carbons (Fsp3) is 0.429. The van der Waals surface area contributed by atoms with Gasteiger partial charge >= 0.3 is 0 Å². The maximum Gasteiger partial charge on any atom is 0.151 e. The molecule has 0 aliphatic heterocycles. The summed E-state index contributed by atoms with van der Waals surface area (Å²) in [5, 5.41) is 4.56.